The van der Waals surface area contributed by atoms with Gasteiger partial charge in [-0.1, -0.05) is 12.1 Å². The van der Waals surface area contributed by atoms with Crippen LogP contribution in [0.4, 0.5) is 0 Å². The average Bonchev–Trinajstić information content (AvgIpc) is 2.96. The molecule has 122 valence electrons. The molecule has 1 aliphatic carbocycles. The van der Waals surface area contributed by atoms with E-state index in [-0.39, 0.29) is 36.9 Å². The molecule has 2 rings (SSSR count). The van der Waals surface area contributed by atoms with Crippen LogP contribution in [0.2, 0.25) is 0 Å². The summed E-state index contributed by atoms with van der Waals surface area (Å²) in [6.07, 6.45) is 5.71. The first kappa shape index (κ1) is 18.7. The summed E-state index contributed by atoms with van der Waals surface area (Å²) in [5.41, 5.74) is 8.79. The summed E-state index contributed by atoms with van der Waals surface area (Å²) in [4.78, 5) is 23.8. The first-order valence-corrected chi connectivity index (χ1v) is 7.82. The number of hydrogen-bond donors (Lipinski definition) is 2. The Morgan fingerprint density at radius 2 is 1.86 bits per heavy atom. The number of rotatable bonds is 8. The molecule has 22 heavy (non-hydrogen) atoms. The van der Waals surface area contributed by atoms with Gasteiger partial charge in [0.25, 0.3) is 0 Å². The van der Waals surface area contributed by atoms with E-state index in [2.05, 4.69) is 11.4 Å². The highest BCUT2D eigenvalue weighted by Crippen LogP contribution is 2.23. The van der Waals surface area contributed by atoms with Crippen molar-refractivity contribution in [3.8, 4) is 0 Å². The van der Waals surface area contributed by atoms with Gasteiger partial charge in [-0.25, -0.2) is 0 Å². The number of hydrogen-bond acceptors (Lipinski definition) is 3. The fraction of sp³-hybridized carbons (Fsp3) is 0.529. The molecule has 0 unspecified atom stereocenters. The molecule has 1 aromatic rings. The maximum atomic E-state index is 12.1. The van der Waals surface area contributed by atoms with Gasteiger partial charge in [-0.3, -0.25) is 9.59 Å². The molecular formula is C17H25ClN2O2. The van der Waals surface area contributed by atoms with Crippen LogP contribution in [-0.4, -0.2) is 24.8 Å². The van der Waals surface area contributed by atoms with E-state index in [0.29, 0.717) is 13.1 Å². The van der Waals surface area contributed by atoms with Crippen molar-refractivity contribution < 1.29 is 9.59 Å². The normalized spacial score (nSPS) is 12.4. The zero-order valence-corrected chi connectivity index (χ0v) is 13.7. The van der Waals surface area contributed by atoms with Gasteiger partial charge < -0.3 is 11.1 Å². The lowest BCUT2D eigenvalue weighted by molar-refractivity contribution is -0.121. The van der Waals surface area contributed by atoms with Crippen molar-refractivity contribution >= 4 is 24.1 Å². The van der Waals surface area contributed by atoms with Gasteiger partial charge in [0.2, 0.25) is 5.91 Å². The molecule has 0 bridgehead atoms. The minimum Gasteiger partial charge on any atom is -0.356 e. The predicted molar refractivity (Wildman–Crippen MR) is 90.6 cm³/mol. The lowest BCUT2D eigenvalue weighted by Gasteiger charge is -2.06. The van der Waals surface area contributed by atoms with Crippen molar-refractivity contribution in [1.29, 1.82) is 0 Å². The van der Waals surface area contributed by atoms with Gasteiger partial charge in [0, 0.05) is 24.9 Å². The number of ketones is 1. The smallest absolute Gasteiger partial charge is 0.220 e. The molecule has 0 heterocycles. The second-order valence-corrected chi connectivity index (χ2v) is 5.61. The highest BCUT2D eigenvalue weighted by Gasteiger charge is 2.14. The second kappa shape index (κ2) is 9.59. The number of amides is 1. The van der Waals surface area contributed by atoms with E-state index in [1.54, 1.807) is 0 Å². The molecule has 0 atom stereocenters. The SMILES string of the molecule is Cl.NCCCCNC(=O)CCC(=O)c1ccc2c(c1)CCC2. The van der Waals surface area contributed by atoms with E-state index < -0.39 is 0 Å². The zero-order chi connectivity index (χ0) is 15.1. The first-order valence-electron chi connectivity index (χ1n) is 7.82. The Bertz CT molecular complexity index is 517. The third-order valence-corrected chi connectivity index (χ3v) is 3.95. The van der Waals surface area contributed by atoms with Crippen LogP contribution >= 0.6 is 12.4 Å². The van der Waals surface area contributed by atoms with Crippen LogP contribution in [0.1, 0.15) is 53.6 Å². The molecule has 3 N–H and O–H groups in total. The number of nitrogens with two attached hydrogens (primary N) is 1. The summed E-state index contributed by atoms with van der Waals surface area (Å²) >= 11 is 0. The van der Waals surface area contributed by atoms with Gasteiger partial charge in [0.15, 0.2) is 5.78 Å². The van der Waals surface area contributed by atoms with Gasteiger partial charge in [0.05, 0.1) is 0 Å². The second-order valence-electron chi connectivity index (χ2n) is 5.61. The summed E-state index contributed by atoms with van der Waals surface area (Å²) in [6, 6.07) is 5.96. The van der Waals surface area contributed by atoms with E-state index in [1.165, 1.54) is 17.5 Å². The minimum absolute atomic E-state index is 0. The molecule has 0 aromatic heterocycles. The summed E-state index contributed by atoms with van der Waals surface area (Å²) < 4.78 is 0. The Morgan fingerprint density at radius 1 is 1.09 bits per heavy atom. The Balaban J connectivity index is 0.00000242. The molecule has 0 fully saturated rings. The van der Waals surface area contributed by atoms with Crippen LogP contribution in [-0.2, 0) is 17.6 Å². The lowest BCUT2D eigenvalue weighted by atomic mass is 10.0. The Hall–Kier alpha value is -1.39. The van der Waals surface area contributed by atoms with E-state index in [4.69, 9.17) is 5.73 Å². The van der Waals surface area contributed by atoms with Crippen molar-refractivity contribution in [3.63, 3.8) is 0 Å². The molecule has 1 aliphatic rings. The fourth-order valence-electron chi connectivity index (χ4n) is 2.70. The first-order chi connectivity index (χ1) is 10.2. The molecule has 4 nitrogen and oxygen atoms in total. The summed E-state index contributed by atoms with van der Waals surface area (Å²) in [5.74, 6) is 0.00309. The molecule has 0 saturated carbocycles. The number of halogens is 1. The fourth-order valence-corrected chi connectivity index (χ4v) is 2.70. The monoisotopic (exact) mass is 324 g/mol. The number of aryl methyl sites for hydroxylation is 2. The van der Waals surface area contributed by atoms with E-state index in [1.807, 2.05) is 12.1 Å². The highest BCUT2D eigenvalue weighted by molar-refractivity contribution is 5.98. The van der Waals surface area contributed by atoms with E-state index >= 15 is 0 Å². The molecule has 0 radical (unpaired) electrons. The summed E-state index contributed by atoms with van der Waals surface area (Å²) in [7, 11) is 0. The number of Topliss-reactive ketones (excluding diaryl/α,β-unsaturated/α-hetero) is 1. The molecule has 0 saturated heterocycles. The Labute approximate surface area is 138 Å². The topological polar surface area (TPSA) is 72.2 Å². The van der Waals surface area contributed by atoms with Crippen LogP contribution in [0, 0.1) is 0 Å². The zero-order valence-electron chi connectivity index (χ0n) is 12.9. The van der Waals surface area contributed by atoms with Crippen molar-refractivity contribution in [2.24, 2.45) is 5.73 Å². The van der Waals surface area contributed by atoms with Crippen molar-refractivity contribution in [2.45, 2.75) is 44.9 Å². The Kier molecular flexibility index (Phi) is 8.13. The summed E-state index contributed by atoms with van der Waals surface area (Å²) in [6.45, 7) is 1.29. The quantitative estimate of drug-likeness (QED) is 0.570. The number of carbonyl (C=O) groups excluding carboxylic acids is 2. The van der Waals surface area contributed by atoms with Gasteiger partial charge >= 0.3 is 0 Å². The molecule has 1 amide bonds. The van der Waals surface area contributed by atoms with Gasteiger partial charge in [-0.2, -0.15) is 0 Å². The maximum Gasteiger partial charge on any atom is 0.220 e. The van der Waals surface area contributed by atoms with Crippen LogP contribution in [0.3, 0.4) is 0 Å². The van der Waals surface area contributed by atoms with Gasteiger partial charge in [0.1, 0.15) is 0 Å². The molecule has 1 aromatic carbocycles. The predicted octanol–water partition coefficient (Wildman–Crippen LogP) is 2.42. The van der Waals surface area contributed by atoms with Crippen LogP contribution in [0.15, 0.2) is 18.2 Å². The maximum absolute atomic E-state index is 12.1. The third kappa shape index (κ3) is 5.43. The largest absolute Gasteiger partial charge is 0.356 e. The van der Waals surface area contributed by atoms with Crippen molar-refractivity contribution in [1.82, 2.24) is 5.32 Å². The molecule has 0 spiro atoms. The lowest BCUT2D eigenvalue weighted by Crippen LogP contribution is -2.25. The number of nitrogens with one attached hydrogen (secondary N) is 1. The molecule has 5 heteroatoms. The number of carbonyl (C=O) groups is 2. The molecular weight excluding hydrogens is 300 g/mol. The van der Waals surface area contributed by atoms with Crippen LogP contribution in [0.25, 0.3) is 0 Å². The Morgan fingerprint density at radius 3 is 2.64 bits per heavy atom. The number of fused-ring (bicyclic) bond motifs is 1. The van der Waals surface area contributed by atoms with Crippen molar-refractivity contribution in [3.05, 3.63) is 34.9 Å². The van der Waals surface area contributed by atoms with Crippen molar-refractivity contribution in [2.75, 3.05) is 13.1 Å². The van der Waals surface area contributed by atoms with Gasteiger partial charge in [-0.05, 0) is 55.8 Å². The average molecular weight is 325 g/mol. The minimum atomic E-state index is -0.0541. The highest BCUT2D eigenvalue weighted by atomic mass is 35.5. The standard InChI is InChI=1S/C17H24N2O2.ClH/c18-10-1-2-11-19-17(21)9-8-16(20)15-7-6-13-4-3-5-14(13)12-15;/h6-7,12H,1-5,8-11,18H2,(H,19,21);1H. The summed E-state index contributed by atoms with van der Waals surface area (Å²) in [5, 5.41) is 2.82. The number of unbranched alkanes of at least 4 members (excludes halogenated alkanes) is 1. The van der Waals surface area contributed by atoms with Crippen LogP contribution < -0.4 is 11.1 Å². The van der Waals surface area contributed by atoms with E-state index in [0.717, 1.165) is 31.2 Å². The molecule has 0 aliphatic heterocycles. The number of benzene rings is 1. The van der Waals surface area contributed by atoms with E-state index in [9.17, 15) is 9.59 Å². The van der Waals surface area contributed by atoms with Crippen LogP contribution in [0.5, 0.6) is 0 Å². The van der Waals surface area contributed by atoms with Gasteiger partial charge in [-0.15, -0.1) is 12.4 Å². The third-order valence-electron chi connectivity index (χ3n) is 3.95.